The van der Waals surface area contributed by atoms with Crippen LogP contribution in [-0.4, -0.2) is 15.9 Å². The van der Waals surface area contributed by atoms with Crippen LogP contribution in [0.5, 0.6) is 0 Å². The molecule has 0 amide bonds. The second kappa shape index (κ2) is 6.45. The van der Waals surface area contributed by atoms with E-state index >= 15 is 0 Å². The molecule has 0 bridgehead atoms. The first kappa shape index (κ1) is 15.5. The molecule has 0 aliphatic rings. The molecule has 4 aromatic rings. The molecule has 4 rings (SSSR count). The smallest absolute Gasteiger partial charge is 0.340 e. The van der Waals surface area contributed by atoms with Crippen LogP contribution in [0.25, 0.3) is 22.2 Å². The van der Waals surface area contributed by atoms with E-state index in [1.54, 1.807) is 24.5 Å². The maximum Gasteiger partial charge on any atom is 0.340 e. The number of aromatic nitrogens is 2. The predicted octanol–water partition coefficient (Wildman–Crippen LogP) is 4.83. The zero-order chi connectivity index (χ0) is 17.2. The average molecular weight is 353 g/mol. The summed E-state index contributed by atoms with van der Waals surface area (Å²) >= 11 is 5.87. The van der Waals surface area contributed by atoms with Gasteiger partial charge in [-0.05, 0) is 30.3 Å². The van der Waals surface area contributed by atoms with Gasteiger partial charge in [-0.25, -0.2) is 9.78 Å². The fourth-order valence-electron chi connectivity index (χ4n) is 2.57. The van der Waals surface area contributed by atoms with Gasteiger partial charge in [-0.15, -0.1) is 0 Å². The third kappa shape index (κ3) is 3.14. The van der Waals surface area contributed by atoms with E-state index in [-0.39, 0.29) is 6.61 Å². The predicted molar refractivity (Wildman–Crippen MR) is 94.4 cm³/mol. The van der Waals surface area contributed by atoms with Crippen molar-refractivity contribution in [3.05, 3.63) is 77.4 Å². The number of carbonyl (C=O) groups excluding carboxylic acids is 1. The number of nitrogens with one attached hydrogen (secondary N) is 1. The van der Waals surface area contributed by atoms with E-state index < -0.39 is 5.97 Å². The van der Waals surface area contributed by atoms with Crippen LogP contribution < -0.4 is 0 Å². The molecule has 0 atom stereocenters. The number of hydrogen-bond donors (Lipinski definition) is 1. The normalized spacial score (nSPS) is 10.9. The Morgan fingerprint density at radius 1 is 1.16 bits per heavy atom. The van der Waals surface area contributed by atoms with Crippen molar-refractivity contribution in [3.8, 4) is 11.3 Å². The second-order valence-corrected chi connectivity index (χ2v) is 5.89. The Bertz CT molecular complexity index is 1030. The lowest BCUT2D eigenvalue weighted by atomic mass is 10.2. The van der Waals surface area contributed by atoms with Crippen molar-refractivity contribution in [3.63, 3.8) is 0 Å². The largest absolute Gasteiger partial charge is 0.452 e. The molecule has 0 spiro atoms. The zero-order valence-corrected chi connectivity index (χ0v) is 13.8. The van der Waals surface area contributed by atoms with E-state index in [1.165, 1.54) is 0 Å². The molecule has 25 heavy (non-hydrogen) atoms. The maximum atomic E-state index is 12.3. The van der Waals surface area contributed by atoms with Crippen LogP contribution in [0.15, 0.2) is 65.3 Å². The van der Waals surface area contributed by atoms with Crippen molar-refractivity contribution in [2.24, 2.45) is 0 Å². The summed E-state index contributed by atoms with van der Waals surface area (Å²) in [6.07, 6.45) is 3.24. The number of hydrogen-bond acceptors (Lipinski definition) is 4. The topological polar surface area (TPSA) is 68.1 Å². The molecule has 0 radical (unpaired) electrons. The Kier molecular flexibility index (Phi) is 3.99. The number of benzene rings is 2. The molecular formula is C19H13ClN2O3. The molecule has 0 aliphatic carbocycles. The van der Waals surface area contributed by atoms with Gasteiger partial charge >= 0.3 is 5.97 Å². The van der Waals surface area contributed by atoms with Crippen LogP contribution in [0.1, 0.15) is 16.2 Å². The second-order valence-electron chi connectivity index (χ2n) is 5.45. The van der Waals surface area contributed by atoms with Gasteiger partial charge in [0.2, 0.25) is 5.89 Å². The summed E-state index contributed by atoms with van der Waals surface area (Å²) < 4.78 is 10.9. The lowest BCUT2D eigenvalue weighted by molar-refractivity contribution is 0.0441. The summed E-state index contributed by atoms with van der Waals surface area (Å²) in [5.74, 6) is 0.497. The number of halogens is 1. The van der Waals surface area contributed by atoms with Gasteiger partial charge in [0, 0.05) is 27.7 Å². The average Bonchev–Trinajstić information content (AvgIpc) is 3.27. The lowest BCUT2D eigenvalue weighted by Gasteiger charge is -2.01. The van der Waals surface area contributed by atoms with Gasteiger partial charge in [-0.3, -0.25) is 0 Å². The Balaban J connectivity index is 1.46. The molecule has 0 aliphatic heterocycles. The van der Waals surface area contributed by atoms with Crippen molar-refractivity contribution in [1.29, 1.82) is 0 Å². The monoisotopic (exact) mass is 352 g/mol. The summed E-state index contributed by atoms with van der Waals surface area (Å²) in [6, 6.07) is 14.8. The van der Waals surface area contributed by atoms with Crippen LogP contribution >= 0.6 is 11.6 Å². The third-order valence-electron chi connectivity index (χ3n) is 3.82. The molecular weight excluding hydrogens is 340 g/mol. The molecule has 6 heteroatoms. The standard InChI is InChI=1S/C19H13ClN2O3/c20-13-7-5-12(6-8-13)17-10-22-18(25-17)11-24-19(23)15-9-21-16-4-2-1-3-14(15)16/h1-10,21H,11H2. The number of H-pyrrole nitrogens is 1. The third-order valence-corrected chi connectivity index (χ3v) is 4.07. The Labute approximate surface area is 148 Å². The van der Waals surface area contributed by atoms with Crippen LogP contribution in [0, 0.1) is 0 Å². The van der Waals surface area contributed by atoms with Crippen molar-refractivity contribution in [2.45, 2.75) is 6.61 Å². The Hall–Kier alpha value is -3.05. The van der Waals surface area contributed by atoms with E-state index in [0.717, 1.165) is 16.5 Å². The van der Waals surface area contributed by atoms with E-state index in [0.29, 0.717) is 22.2 Å². The fourth-order valence-corrected chi connectivity index (χ4v) is 2.70. The number of aromatic amines is 1. The van der Waals surface area contributed by atoms with E-state index in [9.17, 15) is 4.79 Å². The summed E-state index contributed by atoms with van der Waals surface area (Å²) in [7, 11) is 0. The van der Waals surface area contributed by atoms with Gasteiger partial charge in [-0.2, -0.15) is 0 Å². The number of rotatable bonds is 4. The van der Waals surface area contributed by atoms with Gasteiger partial charge in [-0.1, -0.05) is 29.8 Å². The first-order valence-electron chi connectivity index (χ1n) is 7.64. The molecule has 1 N–H and O–H groups in total. The molecule has 0 fully saturated rings. The van der Waals surface area contributed by atoms with E-state index in [4.69, 9.17) is 20.8 Å². The molecule has 5 nitrogen and oxygen atoms in total. The first-order valence-corrected chi connectivity index (χ1v) is 8.02. The van der Waals surface area contributed by atoms with Crippen LogP contribution in [-0.2, 0) is 11.3 Å². The molecule has 0 saturated carbocycles. The molecule has 0 unspecified atom stereocenters. The fraction of sp³-hybridized carbons (Fsp3) is 0.0526. The van der Waals surface area contributed by atoms with E-state index in [2.05, 4.69) is 9.97 Å². The van der Waals surface area contributed by atoms with E-state index in [1.807, 2.05) is 36.4 Å². The number of nitrogens with zero attached hydrogens (tertiary/aromatic N) is 1. The highest BCUT2D eigenvalue weighted by atomic mass is 35.5. The quantitative estimate of drug-likeness (QED) is 0.534. The summed E-state index contributed by atoms with van der Waals surface area (Å²) in [6.45, 7) is -0.0358. The highest BCUT2D eigenvalue weighted by Gasteiger charge is 2.15. The van der Waals surface area contributed by atoms with Crippen molar-refractivity contribution < 1.29 is 13.9 Å². The van der Waals surface area contributed by atoms with Crippen LogP contribution in [0.3, 0.4) is 0 Å². The van der Waals surface area contributed by atoms with Crippen molar-refractivity contribution in [2.75, 3.05) is 0 Å². The zero-order valence-electron chi connectivity index (χ0n) is 13.0. The molecule has 2 aromatic carbocycles. The lowest BCUT2D eigenvalue weighted by Crippen LogP contribution is -2.04. The molecule has 0 saturated heterocycles. The van der Waals surface area contributed by atoms with Crippen LogP contribution in [0.4, 0.5) is 0 Å². The van der Waals surface area contributed by atoms with Gasteiger partial charge in [0.25, 0.3) is 0 Å². The van der Waals surface area contributed by atoms with Gasteiger partial charge in [0.1, 0.15) is 0 Å². The van der Waals surface area contributed by atoms with Gasteiger partial charge < -0.3 is 14.1 Å². The summed E-state index contributed by atoms with van der Waals surface area (Å²) in [5, 5.41) is 1.47. The highest BCUT2D eigenvalue weighted by molar-refractivity contribution is 6.30. The number of fused-ring (bicyclic) bond motifs is 1. The highest BCUT2D eigenvalue weighted by Crippen LogP contribution is 2.23. The summed E-state index contributed by atoms with van der Waals surface area (Å²) in [5.41, 5.74) is 2.22. The Morgan fingerprint density at radius 2 is 1.96 bits per heavy atom. The van der Waals surface area contributed by atoms with Crippen molar-refractivity contribution in [1.82, 2.24) is 9.97 Å². The molecule has 2 aromatic heterocycles. The van der Waals surface area contributed by atoms with Gasteiger partial charge in [0.15, 0.2) is 12.4 Å². The number of ether oxygens (including phenoxy) is 1. The number of oxazole rings is 1. The minimum atomic E-state index is -0.427. The van der Waals surface area contributed by atoms with Gasteiger partial charge in [0.05, 0.1) is 11.8 Å². The number of carbonyl (C=O) groups is 1. The summed E-state index contributed by atoms with van der Waals surface area (Å²) in [4.78, 5) is 19.5. The number of para-hydroxylation sites is 1. The van der Waals surface area contributed by atoms with Crippen molar-refractivity contribution >= 4 is 28.5 Å². The maximum absolute atomic E-state index is 12.3. The SMILES string of the molecule is O=C(OCc1ncc(-c2ccc(Cl)cc2)o1)c1c[nH]c2ccccc12. The molecule has 124 valence electrons. The number of esters is 1. The Morgan fingerprint density at radius 3 is 2.80 bits per heavy atom. The minimum absolute atomic E-state index is 0.0358. The van der Waals surface area contributed by atoms with Crippen LogP contribution in [0.2, 0.25) is 5.02 Å². The molecule has 2 heterocycles. The minimum Gasteiger partial charge on any atom is -0.452 e. The first-order chi connectivity index (χ1) is 12.2.